The Balaban J connectivity index is 1.72. The molecule has 3 nitrogen and oxygen atoms in total. The molecule has 4 rings (SSSR count). The van der Waals surface area contributed by atoms with E-state index in [1.165, 1.54) is 5.57 Å². The monoisotopic (exact) mass is 410 g/mol. The summed E-state index contributed by atoms with van der Waals surface area (Å²) < 4.78 is 0. The first-order chi connectivity index (χ1) is 11.6. The maximum atomic E-state index is 12.4. The number of carbonyl (C=O) groups is 1. The van der Waals surface area contributed by atoms with E-state index in [2.05, 4.69) is 35.9 Å². The highest BCUT2D eigenvalue weighted by atomic mass is 79.9. The third kappa shape index (κ3) is 2.20. The first-order valence-corrected chi connectivity index (χ1v) is 10.8. The van der Waals surface area contributed by atoms with Crippen molar-refractivity contribution in [3.63, 3.8) is 0 Å². The van der Waals surface area contributed by atoms with Crippen molar-refractivity contribution in [2.45, 2.75) is 82.2 Å². The Morgan fingerprint density at radius 1 is 1.24 bits per heavy atom. The predicted molar refractivity (Wildman–Crippen MR) is 101 cm³/mol. The second-order valence-electron chi connectivity index (χ2n) is 9.64. The van der Waals surface area contributed by atoms with E-state index >= 15 is 0 Å². The van der Waals surface area contributed by atoms with Crippen LogP contribution in [0.2, 0.25) is 0 Å². The fourth-order valence-corrected chi connectivity index (χ4v) is 8.49. The highest BCUT2D eigenvalue weighted by Gasteiger charge is 2.68. The Morgan fingerprint density at radius 3 is 2.64 bits per heavy atom. The molecule has 25 heavy (non-hydrogen) atoms. The van der Waals surface area contributed by atoms with Crippen LogP contribution in [0.3, 0.4) is 0 Å². The van der Waals surface area contributed by atoms with Crippen LogP contribution in [-0.2, 0) is 4.79 Å². The zero-order valence-corrected chi connectivity index (χ0v) is 17.2. The molecule has 2 N–H and O–H groups in total. The molecule has 4 heteroatoms. The minimum absolute atomic E-state index is 0.0862. The van der Waals surface area contributed by atoms with E-state index in [0.717, 1.165) is 44.9 Å². The van der Waals surface area contributed by atoms with E-state index < -0.39 is 5.60 Å². The molecule has 0 saturated heterocycles. The second kappa shape index (κ2) is 5.65. The molecule has 4 aliphatic carbocycles. The Labute approximate surface area is 159 Å². The minimum atomic E-state index is -1.24. The average Bonchev–Trinajstić information content (AvgIpc) is 2.77. The smallest absolute Gasteiger partial charge is 0.163 e. The lowest BCUT2D eigenvalue weighted by molar-refractivity contribution is -0.158. The SMILES string of the molecule is CC(=O)[C@]1(O)[C@H](Br)C[C@H]2[C@@H]3CC=C4C[C@@H](O)CC[C@]4(C)[C@H]3CC[C@@]21C. The predicted octanol–water partition coefficient (Wildman–Crippen LogP) is 4.00. The summed E-state index contributed by atoms with van der Waals surface area (Å²) in [5.41, 5.74) is 0.0917. The van der Waals surface area contributed by atoms with Gasteiger partial charge in [0.05, 0.1) is 10.9 Å². The summed E-state index contributed by atoms with van der Waals surface area (Å²) in [5.74, 6) is 1.45. The highest BCUT2D eigenvalue weighted by molar-refractivity contribution is 9.09. The van der Waals surface area contributed by atoms with Crippen LogP contribution in [0.1, 0.15) is 65.7 Å². The Morgan fingerprint density at radius 2 is 1.96 bits per heavy atom. The molecule has 4 aliphatic rings. The number of allylic oxidation sites excluding steroid dienone is 1. The van der Waals surface area contributed by atoms with E-state index in [4.69, 9.17) is 0 Å². The van der Waals surface area contributed by atoms with Gasteiger partial charge in [0.1, 0.15) is 5.60 Å². The molecular weight excluding hydrogens is 380 g/mol. The number of Topliss-reactive ketones (excluding diaryl/α,β-unsaturated/α-hetero) is 1. The summed E-state index contributed by atoms with van der Waals surface area (Å²) in [6, 6.07) is 0. The van der Waals surface area contributed by atoms with Crippen molar-refractivity contribution in [1.82, 2.24) is 0 Å². The van der Waals surface area contributed by atoms with Gasteiger partial charge in [0.15, 0.2) is 5.78 Å². The van der Waals surface area contributed by atoms with Crippen molar-refractivity contribution in [3.05, 3.63) is 11.6 Å². The summed E-state index contributed by atoms with van der Waals surface area (Å²) in [4.78, 5) is 12.3. The van der Waals surface area contributed by atoms with Crippen molar-refractivity contribution in [3.8, 4) is 0 Å². The highest BCUT2D eigenvalue weighted by Crippen LogP contribution is 2.68. The number of ketones is 1. The zero-order valence-electron chi connectivity index (χ0n) is 15.6. The molecule has 0 aromatic rings. The summed E-state index contributed by atoms with van der Waals surface area (Å²) in [6.07, 6.45) is 8.94. The van der Waals surface area contributed by atoms with E-state index in [9.17, 15) is 15.0 Å². The molecule has 0 aliphatic heterocycles. The van der Waals surface area contributed by atoms with Gasteiger partial charge in [-0.1, -0.05) is 41.4 Å². The van der Waals surface area contributed by atoms with Gasteiger partial charge in [0.25, 0.3) is 0 Å². The molecule has 140 valence electrons. The molecule has 3 saturated carbocycles. The van der Waals surface area contributed by atoms with Crippen LogP contribution in [0, 0.1) is 28.6 Å². The van der Waals surface area contributed by atoms with Crippen LogP contribution < -0.4 is 0 Å². The van der Waals surface area contributed by atoms with Gasteiger partial charge in [0.2, 0.25) is 0 Å². The molecule has 0 amide bonds. The topological polar surface area (TPSA) is 57.5 Å². The van der Waals surface area contributed by atoms with Crippen LogP contribution in [0.5, 0.6) is 0 Å². The molecule has 0 spiro atoms. The maximum Gasteiger partial charge on any atom is 0.163 e. The number of aliphatic hydroxyl groups excluding tert-OH is 1. The van der Waals surface area contributed by atoms with E-state index in [-0.39, 0.29) is 27.5 Å². The van der Waals surface area contributed by atoms with Gasteiger partial charge in [-0.2, -0.15) is 0 Å². The largest absolute Gasteiger partial charge is 0.393 e. The molecule has 8 atom stereocenters. The van der Waals surface area contributed by atoms with Crippen LogP contribution in [0.4, 0.5) is 0 Å². The molecule has 0 radical (unpaired) electrons. The summed E-state index contributed by atoms with van der Waals surface area (Å²) in [7, 11) is 0. The van der Waals surface area contributed by atoms with Gasteiger partial charge in [-0.15, -0.1) is 0 Å². The number of hydrogen-bond acceptors (Lipinski definition) is 3. The summed E-state index contributed by atoms with van der Waals surface area (Å²) >= 11 is 3.67. The molecule has 3 fully saturated rings. The fourth-order valence-electron chi connectivity index (χ4n) is 7.24. The average molecular weight is 411 g/mol. The Kier molecular flexibility index (Phi) is 4.11. The normalized spacial score (nSPS) is 55.0. The van der Waals surface area contributed by atoms with Gasteiger partial charge in [-0.3, -0.25) is 4.79 Å². The number of carbonyl (C=O) groups excluding carboxylic acids is 1. The minimum Gasteiger partial charge on any atom is -0.393 e. The van der Waals surface area contributed by atoms with Crippen molar-refractivity contribution >= 4 is 21.7 Å². The van der Waals surface area contributed by atoms with Gasteiger partial charge < -0.3 is 10.2 Å². The number of hydrogen-bond donors (Lipinski definition) is 2. The van der Waals surface area contributed by atoms with Crippen LogP contribution in [0.15, 0.2) is 11.6 Å². The van der Waals surface area contributed by atoms with Gasteiger partial charge in [-0.05, 0) is 75.0 Å². The number of rotatable bonds is 1. The lowest BCUT2D eigenvalue weighted by Gasteiger charge is -2.58. The lowest BCUT2D eigenvalue weighted by Crippen LogP contribution is -2.58. The Hall–Kier alpha value is -0.190. The van der Waals surface area contributed by atoms with Crippen LogP contribution in [-0.4, -0.2) is 32.5 Å². The van der Waals surface area contributed by atoms with Crippen molar-refractivity contribution in [2.75, 3.05) is 0 Å². The standard InChI is InChI=1S/C21H31BrO3/c1-12(23)21(25)18(22)11-17-15-5-4-13-10-14(24)6-8-19(13,2)16(15)7-9-20(17,21)3/h4,14-18,24-25H,5-11H2,1-3H3/t14-,15+,16-,17-,18+,19-,20-,21-/m0/s1. The third-order valence-electron chi connectivity index (χ3n) is 8.79. The Bertz CT molecular complexity index is 631. The van der Waals surface area contributed by atoms with Gasteiger partial charge in [-0.25, -0.2) is 0 Å². The second-order valence-corrected chi connectivity index (χ2v) is 10.7. The molecular formula is C21H31BrO3. The van der Waals surface area contributed by atoms with Crippen molar-refractivity contribution in [1.29, 1.82) is 0 Å². The molecule has 0 aromatic heterocycles. The number of halogens is 1. The third-order valence-corrected chi connectivity index (χ3v) is 9.83. The maximum absolute atomic E-state index is 12.4. The molecule has 0 aromatic carbocycles. The number of aliphatic hydroxyl groups is 2. The summed E-state index contributed by atoms with van der Waals surface area (Å²) in [5, 5.41) is 21.5. The first kappa shape index (κ1) is 18.2. The fraction of sp³-hybridized carbons (Fsp3) is 0.857. The first-order valence-electron chi connectivity index (χ1n) is 9.89. The van der Waals surface area contributed by atoms with Gasteiger partial charge in [0, 0.05) is 5.41 Å². The van der Waals surface area contributed by atoms with E-state index in [1.807, 2.05) is 0 Å². The number of alkyl halides is 1. The van der Waals surface area contributed by atoms with Crippen molar-refractivity contribution < 1.29 is 15.0 Å². The van der Waals surface area contributed by atoms with E-state index in [1.54, 1.807) is 6.92 Å². The molecule has 0 bridgehead atoms. The van der Waals surface area contributed by atoms with Crippen molar-refractivity contribution in [2.24, 2.45) is 28.6 Å². The van der Waals surface area contributed by atoms with Crippen LogP contribution in [0.25, 0.3) is 0 Å². The van der Waals surface area contributed by atoms with Crippen LogP contribution >= 0.6 is 15.9 Å². The zero-order chi connectivity index (χ0) is 18.2. The summed E-state index contributed by atoms with van der Waals surface area (Å²) in [6.45, 7) is 6.11. The molecule has 0 heterocycles. The quantitative estimate of drug-likeness (QED) is 0.507. The molecule has 0 unspecified atom stereocenters. The van der Waals surface area contributed by atoms with Gasteiger partial charge >= 0.3 is 0 Å². The van der Waals surface area contributed by atoms with E-state index in [0.29, 0.717) is 17.8 Å². The number of fused-ring (bicyclic) bond motifs is 5. The lowest BCUT2D eigenvalue weighted by atomic mass is 9.47.